The van der Waals surface area contributed by atoms with Gasteiger partial charge in [0, 0.05) is 4.90 Å². The number of thioether (sulfide) groups is 1. The summed E-state index contributed by atoms with van der Waals surface area (Å²) in [4.78, 5) is 2.18. The molecule has 0 bridgehead atoms. The Morgan fingerprint density at radius 2 is 1.70 bits per heavy atom. The summed E-state index contributed by atoms with van der Waals surface area (Å²) in [5, 5.41) is 0. The van der Waals surface area contributed by atoms with Crippen LogP contribution < -0.4 is 29.6 Å². The fourth-order valence-electron chi connectivity index (χ4n) is 0.576. The first-order valence-electron chi connectivity index (χ1n) is 2.64. The van der Waals surface area contributed by atoms with E-state index in [1.54, 1.807) is 11.8 Å². The number of rotatable bonds is 1. The van der Waals surface area contributed by atoms with Gasteiger partial charge in [-0.25, -0.2) is 0 Å². The second-order valence-corrected chi connectivity index (χ2v) is 3.03. The minimum Gasteiger partial charge on any atom is -0.780 e. The third-order valence-electron chi connectivity index (χ3n) is 1.06. The summed E-state index contributed by atoms with van der Waals surface area (Å²) in [6.45, 7) is 0. The van der Waals surface area contributed by atoms with E-state index in [1.807, 2.05) is 24.3 Å². The zero-order valence-electron chi connectivity index (χ0n) is 6.13. The van der Waals surface area contributed by atoms with Gasteiger partial charge in [0.25, 0.3) is 0 Å². The Labute approximate surface area is 93.5 Å². The predicted molar refractivity (Wildman–Crippen MR) is 43.9 cm³/mol. The first-order chi connectivity index (χ1) is 4.33. The molecule has 10 heavy (non-hydrogen) atoms. The smallest absolute Gasteiger partial charge is 0.780 e. The van der Waals surface area contributed by atoms with Crippen LogP contribution in [0.2, 0.25) is 0 Å². The van der Waals surface area contributed by atoms with Gasteiger partial charge in [-0.1, -0.05) is 24.3 Å². The largest absolute Gasteiger partial charge is 1.00 e. The van der Waals surface area contributed by atoms with Crippen LogP contribution in [0.5, 0.6) is 0 Å². The molecular weight excluding hydrogens is 171 g/mol. The summed E-state index contributed by atoms with van der Waals surface area (Å²) in [5.74, 6) is 0. The molecular formula is C7H7NaS2. The van der Waals surface area contributed by atoms with Crippen LogP contribution >= 0.6 is 11.8 Å². The van der Waals surface area contributed by atoms with Crippen molar-refractivity contribution in [2.45, 2.75) is 9.79 Å². The van der Waals surface area contributed by atoms with E-state index in [2.05, 4.69) is 6.26 Å². The Morgan fingerprint density at radius 1 is 1.20 bits per heavy atom. The fourth-order valence-corrected chi connectivity index (χ4v) is 1.12. The Morgan fingerprint density at radius 3 is 2.10 bits per heavy atom. The molecule has 0 N–H and O–H groups in total. The molecule has 0 amide bonds. The number of benzene rings is 1. The van der Waals surface area contributed by atoms with Crippen molar-refractivity contribution in [2.75, 3.05) is 6.26 Å². The second-order valence-electron chi connectivity index (χ2n) is 1.68. The minimum atomic E-state index is 0. The summed E-state index contributed by atoms with van der Waals surface area (Å²) in [6, 6.07) is 7.96. The first kappa shape index (κ1) is 10.8. The van der Waals surface area contributed by atoms with Crippen molar-refractivity contribution in [3.63, 3.8) is 0 Å². The topological polar surface area (TPSA) is 0 Å². The van der Waals surface area contributed by atoms with E-state index in [0.29, 0.717) is 0 Å². The van der Waals surface area contributed by atoms with Gasteiger partial charge < -0.3 is 12.6 Å². The summed E-state index contributed by atoms with van der Waals surface area (Å²) >= 11 is 6.64. The predicted octanol–water partition coefficient (Wildman–Crippen LogP) is -0.682. The van der Waals surface area contributed by atoms with Crippen LogP contribution in [0, 0.1) is 0 Å². The molecule has 0 aliphatic heterocycles. The zero-order valence-corrected chi connectivity index (χ0v) is 9.76. The Kier molecular flexibility index (Phi) is 5.87. The van der Waals surface area contributed by atoms with Gasteiger partial charge in [-0.3, -0.25) is 0 Å². The second kappa shape index (κ2) is 5.44. The molecule has 0 atom stereocenters. The van der Waals surface area contributed by atoms with Crippen LogP contribution in [0.3, 0.4) is 0 Å². The van der Waals surface area contributed by atoms with Crippen molar-refractivity contribution in [1.29, 1.82) is 0 Å². The summed E-state index contributed by atoms with van der Waals surface area (Å²) < 4.78 is 0. The van der Waals surface area contributed by atoms with Crippen LogP contribution in [0.15, 0.2) is 34.1 Å². The molecule has 0 saturated carbocycles. The molecule has 0 spiro atoms. The third-order valence-corrected chi connectivity index (χ3v) is 2.08. The van der Waals surface area contributed by atoms with Crippen LogP contribution in [-0.2, 0) is 12.6 Å². The minimum absolute atomic E-state index is 0. The van der Waals surface area contributed by atoms with Gasteiger partial charge >= 0.3 is 29.6 Å². The Bertz CT molecular complexity index is 183. The molecule has 0 heterocycles. The van der Waals surface area contributed by atoms with E-state index in [-0.39, 0.29) is 29.6 Å². The van der Waals surface area contributed by atoms with E-state index in [1.165, 1.54) is 4.90 Å². The van der Waals surface area contributed by atoms with Gasteiger partial charge in [0.1, 0.15) is 0 Å². The van der Waals surface area contributed by atoms with Gasteiger partial charge in [-0.15, -0.1) is 11.8 Å². The zero-order chi connectivity index (χ0) is 6.69. The molecule has 0 saturated heterocycles. The van der Waals surface area contributed by atoms with Gasteiger partial charge in [0.05, 0.1) is 0 Å². The van der Waals surface area contributed by atoms with E-state index >= 15 is 0 Å². The Hall–Kier alpha value is 0.790. The maximum absolute atomic E-state index is 4.91. The molecule has 0 nitrogen and oxygen atoms in total. The maximum atomic E-state index is 4.91. The van der Waals surface area contributed by atoms with E-state index in [4.69, 9.17) is 12.6 Å². The maximum Gasteiger partial charge on any atom is 1.00 e. The summed E-state index contributed by atoms with van der Waals surface area (Å²) in [6.07, 6.45) is 2.05. The van der Waals surface area contributed by atoms with Crippen molar-refractivity contribution in [1.82, 2.24) is 0 Å². The molecule has 0 aromatic heterocycles. The van der Waals surface area contributed by atoms with Crippen LogP contribution in [0.4, 0.5) is 0 Å². The van der Waals surface area contributed by atoms with Gasteiger partial charge in [0.2, 0.25) is 0 Å². The molecule has 0 aliphatic rings. The van der Waals surface area contributed by atoms with Gasteiger partial charge in [-0.2, -0.15) is 4.90 Å². The number of hydrogen-bond donors (Lipinski definition) is 0. The van der Waals surface area contributed by atoms with Crippen molar-refractivity contribution in [2.24, 2.45) is 0 Å². The molecule has 0 radical (unpaired) electrons. The van der Waals surface area contributed by atoms with E-state index in [9.17, 15) is 0 Å². The quantitative estimate of drug-likeness (QED) is 0.317. The molecule has 3 heteroatoms. The standard InChI is InChI=1S/C7H8S2.Na/c1-9-7-4-2-6(8)3-5-7;/h2-5,8H,1H3;/q;+1/p-1. The normalized spacial score (nSPS) is 8.50. The van der Waals surface area contributed by atoms with Gasteiger partial charge in [-0.05, 0) is 6.26 Å². The molecule has 0 unspecified atom stereocenters. The summed E-state index contributed by atoms with van der Waals surface area (Å²) in [5.41, 5.74) is 0. The monoisotopic (exact) mass is 178 g/mol. The first-order valence-corrected chi connectivity index (χ1v) is 4.27. The van der Waals surface area contributed by atoms with Crippen molar-refractivity contribution in [3.8, 4) is 0 Å². The van der Waals surface area contributed by atoms with Crippen molar-refractivity contribution >= 4 is 24.4 Å². The average Bonchev–Trinajstić information content (AvgIpc) is 1.90. The van der Waals surface area contributed by atoms with Crippen LogP contribution in [0.25, 0.3) is 0 Å². The summed E-state index contributed by atoms with van der Waals surface area (Å²) in [7, 11) is 0. The molecule has 0 fully saturated rings. The Balaban J connectivity index is 0.000000810. The van der Waals surface area contributed by atoms with Crippen molar-refractivity contribution < 1.29 is 29.6 Å². The molecule has 48 valence electrons. The number of hydrogen-bond acceptors (Lipinski definition) is 2. The average molecular weight is 178 g/mol. The van der Waals surface area contributed by atoms with E-state index in [0.717, 1.165) is 4.90 Å². The molecule has 1 aromatic rings. The van der Waals surface area contributed by atoms with Crippen molar-refractivity contribution in [3.05, 3.63) is 24.3 Å². The van der Waals surface area contributed by atoms with Gasteiger partial charge in [0.15, 0.2) is 0 Å². The SMILES string of the molecule is CSc1ccc([S-])cc1.[Na+]. The fraction of sp³-hybridized carbons (Fsp3) is 0.143. The molecule has 0 aliphatic carbocycles. The molecule has 1 rings (SSSR count). The van der Waals surface area contributed by atoms with Crippen LogP contribution in [-0.4, -0.2) is 6.26 Å². The van der Waals surface area contributed by atoms with Crippen LogP contribution in [0.1, 0.15) is 0 Å². The molecule has 1 aromatic carbocycles. The third kappa shape index (κ3) is 3.26. The van der Waals surface area contributed by atoms with E-state index < -0.39 is 0 Å².